The van der Waals surface area contributed by atoms with Gasteiger partial charge in [-0.3, -0.25) is 14.6 Å². The molecule has 0 amide bonds. The third-order valence-electron chi connectivity index (χ3n) is 5.59. The first-order valence-corrected chi connectivity index (χ1v) is 10.7. The number of allylic oxidation sites excluding steroid dienone is 1. The number of carbonyl (C=O) groups excluding carboxylic acids is 2. The van der Waals surface area contributed by atoms with Gasteiger partial charge in [-0.2, -0.15) is 0 Å². The molecule has 1 saturated carbocycles. The fourth-order valence-corrected chi connectivity index (χ4v) is 4.27. The monoisotopic (exact) mass is 423 g/mol. The molecule has 1 aliphatic heterocycles. The second-order valence-corrected chi connectivity index (χ2v) is 10.5. The lowest BCUT2D eigenvalue weighted by Crippen LogP contribution is -2.46. The highest BCUT2D eigenvalue weighted by Crippen LogP contribution is 2.55. The summed E-state index contributed by atoms with van der Waals surface area (Å²) in [6.07, 6.45) is 6.19. The summed E-state index contributed by atoms with van der Waals surface area (Å²) < 4.78 is 11.4. The van der Waals surface area contributed by atoms with Gasteiger partial charge in [-0.15, -0.1) is 6.58 Å². The van der Waals surface area contributed by atoms with Gasteiger partial charge in [-0.25, -0.2) is 0 Å². The second kappa shape index (κ2) is 7.77. The van der Waals surface area contributed by atoms with E-state index in [0.29, 0.717) is 0 Å². The molecule has 3 rings (SSSR count). The highest BCUT2D eigenvalue weighted by Gasteiger charge is 2.63. The van der Waals surface area contributed by atoms with Crippen LogP contribution in [0, 0.1) is 11.3 Å². The third-order valence-corrected chi connectivity index (χ3v) is 5.59. The first-order chi connectivity index (χ1) is 14.3. The smallest absolute Gasteiger partial charge is 0.324 e. The van der Waals surface area contributed by atoms with E-state index < -0.39 is 34.1 Å². The van der Waals surface area contributed by atoms with E-state index in [1.807, 2.05) is 42.5 Å². The van der Waals surface area contributed by atoms with Crippen LogP contribution >= 0.6 is 0 Å². The number of hydrogen-bond acceptors (Lipinski definition) is 5. The topological polar surface area (TPSA) is 65.0 Å². The van der Waals surface area contributed by atoms with Crippen molar-refractivity contribution in [3.8, 4) is 0 Å². The fourth-order valence-electron chi connectivity index (χ4n) is 4.27. The van der Waals surface area contributed by atoms with E-state index in [4.69, 9.17) is 14.5 Å². The van der Waals surface area contributed by atoms with E-state index >= 15 is 0 Å². The minimum Gasteiger partial charge on any atom is -0.459 e. The van der Waals surface area contributed by atoms with Crippen LogP contribution in [0.3, 0.4) is 0 Å². The van der Waals surface area contributed by atoms with Gasteiger partial charge in [0.1, 0.15) is 11.2 Å². The molecule has 2 atom stereocenters. The lowest BCUT2D eigenvalue weighted by Gasteiger charge is -2.32. The molecule has 1 fully saturated rings. The summed E-state index contributed by atoms with van der Waals surface area (Å²) in [6, 6.07) is 9.87. The molecule has 2 aliphatic rings. The largest absolute Gasteiger partial charge is 0.459 e. The van der Waals surface area contributed by atoms with Crippen molar-refractivity contribution in [3.63, 3.8) is 0 Å². The Bertz CT molecular complexity index is 902. The van der Waals surface area contributed by atoms with Crippen LogP contribution in [0.15, 0.2) is 60.1 Å². The van der Waals surface area contributed by atoms with Gasteiger partial charge in [0.2, 0.25) is 0 Å². The van der Waals surface area contributed by atoms with Crippen LogP contribution in [0.5, 0.6) is 0 Å². The molecule has 0 unspecified atom stereocenters. The molecule has 1 spiro atoms. The Balaban J connectivity index is 2.05. The predicted octanol–water partition coefficient (Wildman–Crippen LogP) is 5.05. The molecule has 1 aromatic carbocycles. The van der Waals surface area contributed by atoms with E-state index in [1.165, 1.54) is 0 Å². The van der Waals surface area contributed by atoms with Gasteiger partial charge in [0.05, 0.1) is 11.3 Å². The van der Waals surface area contributed by atoms with Gasteiger partial charge in [0.15, 0.2) is 5.41 Å². The zero-order valence-corrected chi connectivity index (χ0v) is 19.4. The van der Waals surface area contributed by atoms with E-state index in [9.17, 15) is 9.59 Å². The molecule has 1 aromatic rings. The van der Waals surface area contributed by atoms with Crippen LogP contribution in [0.4, 0.5) is 0 Å². The summed E-state index contributed by atoms with van der Waals surface area (Å²) in [5, 5.41) is 0. The van der Waals surface area contributed by atoms with Crippen molar-refractivity contribution >= 4 is 17.7 Å². The number of rotatable bonds is 4. The molecular weight excluding hydrogens is 390 g/mol. The molecule has 0 saturated heterocycles. The minimum atomic E-state index is -1.45. The Morgan fingerprint density at radius 2 is 1.58 bits per heavy atom. The van der Waals surface area contributed by atoms with Gasteiger partial charge >= 0.3 is 11.9 Å². The zero-order valence-electron chi connectivity index (χ0n) is 19.4. The fraction of sp³-hybridized carbons (Fsp3) is 0.500. The summed E-state index contributed by atoms with van der Waals surface area (Å²) in [7, 11) is 0. The second-order valence-electron chi connectivity index (χ2n) is 10.5. The molecule has 31 heavy (non-hydrogen) atoms. The number of ether oxygens (including phenoxy) is 2. The third kappa shape index (κ3) is 4.65. The molecule has 1 heterocycles. The van der Waals surface area contributed by atoms with Crippen LogP contribution < -0.4 is 0 Å². The van der Waals surface area contributed by atoms with Crippen molar-refractivity contribution in [2.24, 2.45) is 16.3 Å². The predicted molar refractivity (Wildman–Crippen MR) is 122 cm³/mol. The van der Waals surface area contributed by atoms with Crippen LogP contribution in [-0.2, 0) is 19.1 Å². The van der Waals surface area contributed by atoms with Crippen molar-refractivity contribution < 1.29 is 19.1 Å². The molecule has 1 aliphatic carbocycles. The lowest BCUT2D eigenvalue weighted by molar-refractivity contribution is -0.185. The molecule has 0 radical (unpaired) electrons. The van der Waals surface area contributed by atoms with Gasteiger partial charge in [-0.1, -0.05) is 42.5 Å². The Kier molecular flexibility index (Phi) is 5.76. The van der Waals surface area contributed by atoms with Crippen LogP contribution in [0.25, 0.3) is 0 Å². The molecule has 5 nitrogen and oxygen atoms in total. The quantitative estimate of drug-likeness (QED) is 0.386. The normalized spacial score (nSPS) is 24.7. The summed E-state index contributed by atoms with van der Waals surface area (Å²) in [6.45, 7) is 14.8. The summed E-state index contributed by atoms with van der Waals surface area (Å²) >= 11 is 0. The Labute approximate surface area is 185 Å². The first-order valence-electron chi connectivity index (χ1n) is 10.7. The zero-order chi connectivity index (χ0) is 23.1. The van der Waals surface area contributed by atoms with Gasteiger partial charge in [0.25, 0.3) is 0 Å². The molecule has 166 valence electrons. The summed E-state index contributed by atoms with van der Waals surface area (Å²) in [5.41, 5.74) is -1.81. The van der Waals surface area contributed by atoms with Crippen molar-refractivity contribution in [2.45, 2.75) is 71.1 Å². The van der Waals surface area contributed by atoms with Crippen LogP contribution in [-0.4, -0.2) is 34.4 Å². The van der Waals surface area contributed by atoms with Gasteiger partial charge in [-0.05, 0) is 59.6 Å². The minimum absolute atomic E-state index is 0.188. The molecule has 0 aromatic heterocycles. The van der Waals surface area contributed by atoms with Gasteiger partial charge < -0.3 is 9.47 Å². The molecular formula is C26H33NO4. The molecule has 0 bridgehead atoms. The number of benzene rings is 1. The number of carbonyl (C=O) groups is 2. The molecule has 0 N–H and O–H groups in total. The van der Waals surface area contributed by atoms with Crippen molar-refractivity contribution in [1.29, 1.82) is 0 Å². The van der Waals surface area contributed by atoms with Crippen LogP contribution in [0.2, 0.25) is 0 Å². The summed E-state index contributed by atoms with van der Waals surface area (Å²) in [4.78, 5) is 31.9. The summed E-state index contributed by atoms with van der Waals surface area (Å²) in [5.74, 6) is -1.32. The van der Waals surface area contributed by atoms with Gasteiger partial charge in [0, 0.05) is 12.3 Å². The highest BCUT2D eigenvalue weighted by atomic mass is 16.6. The number of nitrogens with zero attached hydrogens (tertiary/aromatic N) is 1. The van der Waals surface area contributed by atoms with Crippen LogP contribution in [0.1, 0.15) is 59.9 Å². The average molecular weight is 424 g/mol. The van der Waals surface area contributed by atoms with E-state index in [1.54, 1.807) is 47.6 Å². The maximum absolute atomic E-state index is 13.4. The Morgan fingerprint density at radius 1 is 1.03 bits per heavy atom. The lowest BCUT2D eigenvalue weighted by atomic mass is 9.83. The van der Waals surface area contributed by atoms with E-state index in [-0.39, 0.29) is 18.8 Å². The first kappa shape index (κ1) is 23.0. The SMILES string of the molecule is C=C[C@H]1CC(C(=O)OC(C)(C)C)(C(=O)OC(C)(C)C)C[C@]12C=CC(c1ccccc1)=N2. The number of aliphatic imine (C=N–C) groups is 1. The van der Waals surface area contributed by atoms with Crippen molar-refractivity contribution in [2.75, 3.05) is 0 Å². The average Bonchev–Trinajstić information content (AvgIpc) is 3.22. The highest BCUT2D eigenvalue weighted by molar-refractivity contribution is 6.11. The Hall–Kier alpha value is -2.69. The molecule has 5 heteroatoms. The maximum atomic E-state index is 13.4. The Morgan fingerprint density at radius 3 is 2.06 bits per heavy atom. The number of hydrogen-bond donors (Lipinski definition) is 0. The van der Waals surface area contributed by atoms with E-state index in [0.717, 1.165) is 11.3 Å². The van der Waals surface area contributed by atoms with Crippen molar-refractivity contribution in [1.82, 2.24) is 0 Å². The van der Waals surface area contributed by atoms with E-state index in [2.05, 4.69) is 6.58 Å². The standard InChI is InChI=1S/C26H33NO4/c1-8-19-16-25(21(28)30-23(2,3)4,22(29)31-24(5,6)7)17-26(19)15-14-20(27-26)18-12-10-9-11-13-18/h8-15,19H,1,16-17H2,2-7H3/t19-,26+/m0/s1. The maximum Gasteiger partial charge on any atom is 0.324 e. The van der Waals surface area contributed by atoms with Crippen molar-refractivity contribution in [3.05, 3.63) is 60.7 Å². The number of esters is 2.